The van der Waals surface area contributed by atoms with E-state index in [-0.39, 0.29) is 0 Å². The molecule has 2 atom stereocenters. The van der Waals surface area contributed by atoms with E-state index in [2.05, 4.69) is 19.9 Å². The van der Waals surface area contributed by atoms with Crippen LogP contribution in [0, 0.1) is 11.8 Å². The summed E-state index contributed by atoms with van der Waals surface area (Å²) in [5, 5.41) is 10.9. The van der Waals surface area contributed by atoms with Crippen molar-refractivity contribution in [2.45, 2.75) is 51.6 Å². The van der Waals surface area contributed by atoms with Crippen LogP contribution >= 0.6 is 0 Å². The molecule has 0 spiro atoms. The van der Waals surface area contributed by atoms with Gasteiger partial charge in [-0.1, -0.05) is 38.5 Å². The highest BCUT2D eigenvalue weighted by Crippen LogP contribution is 2.39. The van der Waals surface area contributed by atoms with E-state index in [4.69, 9.17) is 4.74 Å². The molecule has 2 rings (SSSR count). The van der Waals surface area contributed by atoms with Gasteiger partial charge in [-0.25, -0.2) is 0 Å². The number of ether oxygens (including phenoxy) is 1. The quantitative estimate of drug-likeness (QED) is 0.894. The van der Waals surface area contributed by atoms with Crippen molar-refractivity contribution in [3.05, 3.63) is 29.8 Å². The second kappa shape index (κ2) is 5.96. The van der Waals surface area contributed by atoms with Crippen molar-refractivity contribution < 1.29 is 9.84 Å². The summed E-state index contributed by atoms with van der Waals surface area (Å²) in [4.78, 5) is 0. The monoisotopic (exact) mass is 262 g/mol. The van der Waals surface area contributed by atoms with E-state index in [1.807, 2.05) is 18.2 Å². The Labute approximate surface area is 116 Å². The molecule has 0 saturated heterocycles. The first-order valence-electron chi connectivity index (χ1n) is 7.38. The smallest absolute Gasteiger partial charge is 0.122 e. The second-order valence-electron chi connectivity index (χ2n) is 6.31. The van der Waals surface area contributed by atoms with Gasteiger partial charge in [-0.15, -0.1) is 0 Å². The Morgan fingerprint density at radius 3 is 2.79 bits per heavy atom. The van der Waals surface area contributed by atoms with E-state index in [1.165, 1.54) is 6.42 Å². The normalized spacial score (nSPS) is 27.5. The number of hydrogen-bond donors (Lipinski definition) is 1. The highest BCUT2D eigenvalue weighted by molar-refractivity contribution is 5.34. The average Bonchev–Trinajstić information content (AvgIpc) is 2.39. The van der Waals surface area contributed by atoms with E-state index in [9.17, 15) is 5.11 Å². The summed E-state index contributed by atoms with van der Waals surface area (Å²) in [7, 11) is 1.70. The number of benzene rings is 1. The predicted octanol–water partition coefficient (Wildman–Crippen LogP) is 3.82. The lowest BCUT2D eigenvalue weighted by Gasteiger charge is -2.39. The van der Waals surface area contributed by atoms with Crippen LogP contribution in [0.1, 0.15) is 45.1 Å². The standard InChI is InChI=1S/C17H26O2/c1-13(2)14-8-6-10-17(18,11-14)12-15-7-4-5-9-16(15)19-3/h4-5,7,9,13-14,18H,6,8,10-12H2,1-3H3. The van der Waals surface area contributed by atoms with E-state index < -0.39 is 5.60 Å². The molecule has 2 heteroatoms. The van der Waals surface area contributed by atoms with E-state index in [1.54, 1.807) is 7.11 Å². The third-order valence-corrected chi connectivity index (χ3v) is 4.51. The Morgan fingerprint density at radius 2 is 2.11 bits per heavy atom. The molecule has 2 unspecified atom stereocenters. The van der Waals surface area contributed by atoms with E-state index in [0.29, 0.717) is 18.3 Å². The number of aliphatic hydroxyl groups is 1. The van der Waals surface area contributed by atoms with Crippen molar-refractivity contribution in [2.24, 2.45) is 11.8 Å². The minimum absolute atomic E-state index is 0.554. The molecule has 2 nitrogen and oxygen atoms in total. The van der Waals surface area contributed by atoms with Crippen LogP contribution in [0.2, 0.25) is 0 Å². The molecule has 106 valence electrons. The van der Waals surface area contributed by atoms with Gasteiger partial charge in [0.05, 0.1) is 12.7 Å². The summed E-state index contributed by atoms with van der Waals surface area (Å²) in [6.45, 7) is 4.53. The van der Waals surface area contributed by atoms with Gasteiger partial charge in [0, 0.05) is 6.42 Å². The van der Waals surface area contributed by atoms with Crippen LogP contribution < -0.4 is 4.74 Å². The molecule has 1 fully saturated rings. The fraction of sp³-hybridized carbons (Fsp3) is 0.647. The number of hydrogen-bond acceptors (Lipinski definition) is 2. The van der Waals surface area contributed by atoms with Crippen molar-refractivity contribution >= 4 is 0 Å². The molecule has 0 amide bonds. The van der Waals surface area contributed by atoms with Gasteiger partial charge in [-0.3, -0.25) is 0 Å². The zero-order valence-corrected chi connectivity index (χ0v) is 12.4. The lowest BCUT2D eigenvalue weighted by Crippen LogP contribution is -2.38. The molecule has 0 bridgehead atoms. The average molecular weight is 262 g/mol. The fourth-order valence-corrected chi connectivity index (χ4v) is 3.32. The van der Waals surface area contributed by atoms with Gasteiger partial charge in [0.15, 0.2) is 0 Å². The summed E-state index contributed by atoms with van der Waals surface area (Å²) < 4.78 is 5.40. The predicted molar refractivity (Wildman–Crippen MR) is 78.4 cm³/mol. The SMILES string of the molecule is COc1ccccc1CC1(O)CCCC(C(C)C)C1. The molecule has 0 aliphatic heterocycles. The zero-order valence-electron chi connectivity index (χ0n) is 12.4. The molecule has 1 aromatic carbocycles. The third kappa shape index (κ3) is 3.50. The molecule has 0 aromatic heterocycles. The number of methoxy groups -OCH3 is 1. The molecule has 1 saturated carbocycles. The molecule has 0 radical (unpaired) electrons. The second-order valence-corrected chi connectivity index (χ2v) is 6.31. The molecular formula is C17H26O2. The largest absolute Gasteiger partial charge is 0.496 e. The minimum atomic E-state index is -0.554. The van der Waals surface area contributed by atoms with Gasteiger partial charge in [0.25, 0.3) is 0 Å². The van der Waals surface area contributed by atoms with Crippen molar-refractivity contribution in [2.75, 3.05) is 7.11 Å². The zero-order chi connectivity index (χ0) is 13.9. The summed E-state index contributed by atoms with van der Waals surface area (Å²) in [5.74, 6) is 2.19. The first kappa shape index (κ1) is 14.4. The van der Waals surface area contributed by atoms with Crippen LogP contribution in [0.15, 0.2) is 24.3 Å². The molecular weight excluding hydrogens is 236 g/mol. The van der Waals surface area contributed by atoms with Gasteiger partial charge in [0.2, 0.25) is 0 Å². The Balaban J connectivity index is 2.12. The van der Waals surface area contributed by atoms with Crippen molar-refractivity contribution in [1.82, 2.24) is 0 Å². The molecule has 1 aliphatic rings. The molecule has 1 aromatic rings. The Hall–Kier alpha value is -1.02. The highest BCUT2D eigenvalue weighted by atomic mass is 16.5. The number of para-hydroxylation sites is 1. The van der Waals surface area contributed by atoms with Crippen molar-refractivity contribution in [3.8, 4) is 5.75 Å². The molecule has 1 aliphatic carbocycles. The van der Waals surface area contributed by atoms with Gasteiger partial charge >= 0.3 is 0 Å². The Kier molecular flexibility index (Phi) is 4.51. The first-order valence-corrected chi connectivity index (χ1v) is 7.38. The highest BCUT2D eigenvalue weighted by Gasteiger charge is 2.35. The molecule has 19 heavy (non-hydrogen) atoms. The van der Waals surface area contributed by atoms with Crippen LogP contribution in [0.4, 0.5) is 0 Å². The first-order chi connectivity index (χ1) is 9.04. The van der Waals surface area contributed by atoms with Crippen LogP contribution in [0.5, 0.6) is 5.75 Å². The minimum Gasteiger partial charge on any atom is -0.496 e. The summed E-state index contributed by atoms with van der Waals surface area (Å²) in [6, 6.07) is 8.03. The number of rotatable bonds is 4. The van der Waals surface area contributed by atoms with Gasteiger partial charge in [0.1, 0.15) is 5.75 Å². The van der Waals surface area contributed by atoms with Gasteiger partial charge in [-0.2, -0.15) is 0 Å². The van der Waals surface area contributed by atoms with E-state index >= 15 is 0 Å². The maximum absolute atomic E-state index is 10.9. The Morgan fingerprint density at radius 1 is 1.37 bits per heavy atom. The van der Waals surface area contributed by atoms with Crippen molar-refractivity contribution in [3.63, 3.8) is 0 Å². The van der Waals surface area contributed by atoms with Crippen LogP contribution in [-0.4, -0.2) is 17.8 Å². The molecule has 0 heterocycles. The van der Waals surface area contributed by atoms with Crippen molar-refractivity contribution in [1.29, 1.82) is 0 Å². The Bertz CT molecular complexity index is 413. The summed E-state index contributed by atoms with van der Waals surface area (Å²) in [6.07, 6.45) is 4.93. The maximum atomic E-state index is 10.9. The lowest BCUT2D eigenvalue weighted by atomic mass is 9.71. The van der Waals surface area contributed by atoms with E-state index in [0.717, 1.165) is 30.6 Å². The maximum Gasteiger partial charge on any atom is 0.122 e. The molecule has 1 N–H and O–H groups in total. The van der Waals surface area contributed by atoms with Gasteiger partial charge in [-0.05, 0) is 42.7 Å². The third-order valence-electron chi connectivity index (χ3n) is 4.51. The van der Waals surface area contributed by atoms with Crippen LogP contribution in [0.3, 0.4) is 0 Å². The summed E-state index contributed by atoms with van der Waals surface area (Å²) >= 11 is 0. The lowest BCUT2D eigenvalue weighted by molar-refractivity contribution is -0.0243. The van der Waals surface area contributed by atoms with Gasteiger partial charge < -0.3 is 9.84 Å². The topological polar surface area (TPSA) is 29.5 Å². The van der Waals surface area contributed by atoms with Crippen LogP contribution in [0.25, 0.3) is 0 Å². The summed E-state index contributed by atoms with van der Waals surface area (Å²) in [5.41, 5.74) is 0.568. The fourth-order valence-electron chi connectivity index (χ4n) is 3.32. The van der Waals surface area contributed by atoms with Crippen LogP contribution in [-0.2, 0) is 6.42 Å².